The monoisotopic (exact) mass is 793 g/mol. The minimum absolute atomic E-state index is 0.180. The third-order valence-electron chi connectivity index (χ3n) is 13.4. The highest BCUT2D eigenvalue weighted by molar-refractivity contribution is 6.28. The predicted molar refractivity (Wildman–Crippen MR) is 259 cm³/mol. The fourth-order valence-corrected chi connectivity index (χ4v) is 10.6. The second kappa shape index (κ2) is 13.1. The number of anilines is 3. The Morgan fingerprint density at radius 3 is 1.87 bits per heavy atom. The second-order valence-electron chi connectivity index (χ2n) is 17.2. The number of para-hydroxylation sites is 2. The topological polar surface area (TPSA) is 29.5 Å². The van der Waals surface area contributed by atoms with Crippen molar-refractivity contribution in [3.63, 3.8) is 0 Å². The van der Waals surface area contributed by atoms with Gasteiger partial charge in [-0.25, -0.2) is 0 Å². The molecule has 2 aromatic heterocycles. The minimum atomic E-state index is -0.180. The van der Waals surface area contributed by atoms with Crippen LogP contribution in [0.3, 0.4) is 0 Å². The molecule has 3 nitrogen and oxygen atoms in total. The first kappa shape index (κ1) is 34.9. The van der Waals surface area contributed by atoms with Gasteiger partial charge in [0.15, 0.2) is 0 Å². The summed E-state index contributed by atoms with van der Waals surface area (Å²) in [5.74, 6) is 0. The maximum absolute atomic E-state index is 7.13. The molecule has 62 heavy (non-hydrogen) atoms. The molecular weight excluding hydrogens is 755 g/mol. The number of fused-ring (bicyclic) bond motifs is 13. The average molecular weight is 794 g/mol. The molecule has 0 aliphatic heterocycles. The van der Waals surface area contributed by atoms with Crippen LogP contribution in [0.4, 0.5) is 17.1 Å². The Hall–Kier alpha value is -7.88. The van der Waals surface area contributed by atoms with Crippen LogP contribution in [0.5, 0.6) is 0 Å². The first-order valence-electron chi connectivity index (χ1n) is 21.4. The Kier molecular flexibility index (Phi) is 7.36. The summed E-state index contributed by atoms with van der Waals surface area (Å²) in [6.45, 7) is 4.72. The van der Waals surface area contributed by atoms with Crippen molar-refractivity contribution in [2.45, 2.75) is 19.3 Å². The summed E-state index contributed by atoms with van der Waals surface area (Å²) < 4.78 is 13.6. The zero-order chi connectivity index (χ0) is 41.1. The van der Waals surface area contributed by atoms with E-state index in [1.165, 1.54) is 43.8 Å². The predicted octanol–water partition coefficient (Wildman–Crippen LogP) is 16.9. The zero-order valence-electron chi connectivity index (χ0n) is 34.3. The van der Waals surface area contributed by atoms with Crippen LogP contribution in [0, 0.1) is 0 Å². The van der Waals surface area contributed by atoms with Crippen LogP contribution in [-0.4, -0.2) is 0 Å². The minimum Gasteiger partial charge on any atom is -0.456 e. The number of furan rings is 2. The standard InChI is InChI=1S/C59H39NO2/c1-59(2)50-25-13-10-23-44(50)45-29-28-38(35-51(45)59)60(52-26-14-11-20-41(52)36-16-4-3-5-17-36)39-33-48(47-32-37-18-6-7-19-40(37)42-21-8-9-22-43(42)47)58-49(34-39)57-55(62-58)31-30-54-56(57)46-24-12-15-27-53(46)61-54/h3-35H,1-2H3. The summed E-state index contributed by atoms with van der Waals surface area (Å²) in [4.78, 5) is 2.47. The van der Waals surface area contributed by atoms with E-state index >= 15 is 0 Å². The van der Waals surface area contributed by atoms with Gasteiger partial charge in [-0.15, -0.1) is 0 Å². The molecule has 0 N–H and O–H groups in total. The smallest absolute Gasteiger partial charge is 0.143 e. The van der Waals surface area contributed by atoms with Crippen LogP contribution in [0.1, 0.15) is 25.0 Å². The third-order valence-corrected chi connectivity index (χ3v) is 13.4. The second-order valence-corrected chi connectivity index (χ2v) is 17.2. The number of rotatable bonds is 5. The van der Waals surface area contributed by atoms with Crippen molar-refractivity contribution >= 4 is 82.5 Å². The van der Waals surface area contributed by atoms with Gasteiger partial charge < -0.3 is 13.7 Å². The Balaban J connectivity index is 1.18. The van der Waals surface area contributed by atoms with E-state index in [2.05, 4.69) is 213 Å². The molecule has 3 heteroatoms. The molecule has 0 spiro atoms. The van der Waals surface area contributed by atoms with Crippen molar-refractivity contribution in [2.24, 2.45) is 0 Å². The van der Waals surface area contributed by atoms with Crippen LogP contribution < -0.4 is 4.90 Å². The Labute approximate surface area is 358 Å². The number of nitrogens with zero attached hydrogens (tertiary/aromatic N) is 1. The molecule has 1 aliphatic rings. The van der Waals surface area contributed by atoms with Crippen molar-refractivity contribution in [1.82, 2.24) is 0 Å². The summed E-state index contributed by atoms with van der Waals surface area (Å²) in [5, 5.41) is 9.04. The van der Waals surface area contributed by atoms with Gasteiger partial charge in [0.2, 0.25) is 0 Å². The maximum Gasteiger partial charge on any atom is 0.143 e. The summed E-state index contributed by atoms with van der Waals surface area (Å²) in [5.41, 5.74) is 16.2. The molecule has 292 valence electrons. The largest absolute Gasteiger partial charge is 0.456 e. The van der Waals surface area contributed by atoms with E-state index in [1.54, 1.807) is 0 Å². The fourth-order valence-electron chi connectivity index (χ4n) is 10.6. The van der Waals surface area contributed by atoms with E-state index in [1.807, 2.05) is 6.07 Å². The molecule has 1 aliphatic carbocycles. The lowest BCUT2D eigenvalue weighted by atomic mass is 9.82. The highest BCUT2D eigenvalue weighted by atomic mass is 16.3. The van der Waals surface area contributed by atoms with E-state index in [-0.39, 0.29) is 5.41 Å². The highest BCUT2D eigenvalue weighted by Crippen LogP contribution is 2.53. The molecule has 0 saturated heterocycles. The maximum atomic E-state index is 7.13. The summed E-state index contributed by atoms with van der Waals surface area (Å²) in [6.07, 6.45) is 0. The normalized spacial score (nSPS) is 13.1. The summed E-state index contributed by atoms with van der Waals surface area (Å²) in [7, 11) is 0. The van der Waals surface area contributed by atoms with Gasteiger partial charge in [-0.3, -0.25) is 0 Å². The van der Waals surface area contributed by atoms with Gasteiger partial charge in [0.05, 0.1) is 5.69 Å². The molecule has 0 atom stereocenters. The lowest BCUT2D eigenvalue weighted by Gasteiger charge is -2.30. The molecule has 0 saturated carbocycles. The van der Waals surface area contributed by atoms with Crippen LogP contribution in [0.15, 0.2) is 209 Å². The molecule has 10 aromatic carbocycles. The first-order chi connectivity index (χ1) is 30.5. The quantitative estimate of drug-likeness (QED) is 0.163. The molecule has 12 aromatic rings. The van der Waals surface area contributed by atoms with Crippen LogP contribution in [0.25, 0.3) is 98.8 Å². The van der Waals surface area contributed by atoms with Gasteiger partial charge in [-0.2, -0.15) is 0 Å². The lowest BCUT2D eigenvalue weighted by molar-refractivity contribution is 0.660. The van der Waals surface area contributed by atoms with Gasteiger partial charge in [0.25, 0.3) is 0 Å². The molecular formula is C59H39NO2. The molecule has 0 amide bonds. The van der Waals surface area contributed by atoms with Gasteiger partial charge in [0.1, 0.15) is 22.3 Å². The summed E-state index contributed by atoms with van der Waals surface area (Å²) in [6, 6.07) is 72.5. The van der Waals surface area contributed by atoms with Crippen molar-refractivity contribution in [2.75, 3.05) is 4.90 Å². The fraction of sp³-hybridized carbons (Fsp3) is 0.0508. The van der Waals surface area contributed by atoms with E-state index in [9.17, 15) is 0 Å². The Bertz CT molecular complexity index is 3790. The Morgan fingerprint density at radius 1 is 0.371 bits per heavy atom. The first-order valence-corrected chi connectivity index (χ1v) is 21.4. The summed E-state index contributed by atoms with van der Waals surface area (Å²) >= 11 is 0. The van der Waals surface area contributed by atoms with Crippen molar-refractivity contribution in [1.29, 1.82) is 0 Å². The number of hydrogen-bond donors (Lipinski definition) is 0. The van der Waals surface area contributed by atoms with E-state index in [4.69, 9.17) is 8.83 Å². The molecule has 13 rings (SSSR count). The van der Waals surface area contributed by atoms with E-state index in [0.717, 1.165) is 83.2 Å². The number of benzene rings is 10. The SMILES string of the molecule is CC1(C)c2ccccc2-c2ccc(N(c3cc(-c4cc5ccccc5c5ccccc45)c4oc5ccc6oc7ccccc7c6c5c4c3)c3ccccc3-c3ccccc3)cc21. The molecule has 0 fully saturated rings. The molecule has 0 radical (unpaired) electrons. The van der Waals surface area contributed by atoms with Crippen LogP contribution >= 0.6 is 0 Å². The zero-order valence-corrected chi connectivity index (χ0v) is 34.3. The van der Waals surface area contributed by atoms with E-state index < -0.39 is 0 Å². The van der Waals surface area contributed by atoms with E-state index in [0.29, 0.717) is 0 Å². The van der Waals surface area contributed by atoms with Crippen LogP contribution in [-0.2, 0) is 5.41 Å². The third kappa shape index (κ3) is 5.00. The number of hydrogen-bond acceptors (Lipinski definition) is 3. The van der Waals surface area contributed by atoms with Crippen molar-refractivity contribution in [3.8, 4) is 33.4 Å². The highest BCUT2D eigenvalue weighted by Gasteiger charge is 2.36. The van der Waals surface area contributed by atoms with Gasteiger partial charge >= 0.3 is 0 Å². The van der Waals surface area contributed by atoms with Crippen LogP contribution in [0.2, 0.25) is 0 Å². The average Bonchev–Trinajstić information content (AvgIpc) is 3.96. The van der Waals surface area contributed by atoms with Gasteiger partial charge in [0, 0.05) is 49.5 Å². The molecule has 2 heterocycles. The molecule has 0 bridgehead atoms. The van der Waals surface area contributed by atoms with Gasteiger partial charge in [-0.05, 0) is 110 Å². The van der Waals surface area contributed by atoms with Crippen molar-refractivity contribution < 1.29 is 8.83 Å². The lowest BCUT2D eigenvalue weighted by Crippen LogP contribution is -2.17. The molecule has 0 unspecified atom stereocenters. The van der Waals surface area contributed by atoms with Crippen molar-refractivity contribution in [3.05, 3.63) is 211 Å². The van der Waals surface area contributed by atoms with Gasteiger partial charge in [-0.1, -0.05) is 159 Å². The Morgan fingerprint density at radius 2 is 1.02 bits per heavy atom.